The van der Waals surface area contributed by atoms with Crippen LogP contribution in [0, 0.1) is 34.0 Å². The lowest BCUT2D eigenvalue weighted by molar-refractivity contribution is -0.232. The predicted octanol–water partition coefficient (Wildman–Crippen LogP) is 5.32. The predicted molar refractivity (Wildman–Crippen MR) is 129 cm³/mol. The van der Waals surface area contributed by atoms with Crippen LogP contribution in [0.2, 0.25) is 0 Å². The van der Waals surface area contributed by atoms with E-state index in [-0.39, 0.29) is 41.4 Å². The second-order valence-electron chi connectivity index (χ2n) is 12.0. The van der Waals surface area contributed by atoms with Gasteiger partial charge in [0, 0.05) is 17.8 Å². The molecular formula is C29H38O5. The average molecular weight is 467 g/mol. The molecule has 1 spiro atoms. The van der Waals surface area contributed by atoms with E-state index in [9.17, 15) is 14.7 Å². The van der Waals surface area contributed by atoms with Gasteiger partial charge in [0.1, 0.15) is 12.7 Å². The van der Waals surface area contributed by atoms with Crippen LogP contribution in [0.5, 0.6) is 0 Å². The third kappa shape index (κ3) is 3.45. The third-order valence-corrected chi connectivity index (χ3v) is 10.3. The first-order valence-corrected chi connectivity index (χ1v) is 12.9. The fourth-order valence-corrected chi connectivity index (χ4v) is 8.69. The Balaban J connectivity index is 1.49. The Labute approximate surface area is 202 Å². The van der Waals surface area contributed by atoms with Crippen LogP contribution in [0.1, 0.15) is 76.1 Å². The molecule has 5 nitrogen and oxygen atoms in total. The molecule has 8 atom stereocenters. The molecule has 1 aromatic rings. The summed E-state index contributed by atoms with van der Waals surface area (Å²) in [6.07, 6.45) is 5.74. The number of ether oxygens (including phenoxy) is 2. The van der Waals surface area contributed by atoms with E-state index in [1.54, 1.807) is 12.1 Å². The molecule has 0 saturated heterocycles. The zero-order valence-electron chi connectivity index (χ0n) is 20.7. The van der Waals surface area contributed by atoms with Crippen LogP contribution in [0.4, 0.5) is 0 Å². The lowest BCUT2D eigenvalue weighted by Crippen LogP contribution is -2.65. The van der Waals surface area contributed by atoms with Gasteiger partial charge < -0.3 is 14.6 Å². The molecule has 2 bridgehead atoms. The number of carbonyl (C=O) groups excluding carboxylic acids is 2. The average Bonchev–Trinajstić information content (AvgIpc) is 3.06. The minimum Gasteiger partial charge on any atom is -0.465 e. The number of fused-ring (bicyclic) bond motifs is 3. The maximum Gasteiger partial charge on any atom is 0.338 e. The molecule has 0 amide bonds. The van der Waals surface area contributed by atoms with Gasteiger partial charge >= 0.3 is 11.9 Å². The quantitative estimate of drug-likeness (QED) is 0.480. The number of benzene rings is 1. The molecule has 4 fully saturated rings. The number of hydrogen-bond donors (Lipinski definition) is 1. The number of hydrogen-bond acceptors (Lipinski definition) is 5. The molecule has 0 aliphatic heterocycles. The summed E-state index contributed by atoms with van der Waals surface area (Å²) in [6, 6.07) is 9.06. The maximum atomic E-state index is 13.0. The van der Waals surface area contributed by atoms with Crippen molar-refractivity contribution in [1.29, 1.82) is 0 Å². The van der Waals surface area contributed by atoms with Crippen molar-refractivity contribution in [2.45, 2.75) is 77.9 Å². The van der Waals surface area contributed by atoms with Gasteiger partial charge in [0.25, 0.3) is 0 Å². The van der Waals surface area contributed by atoms with E-state index in [4.69, 9.17) is 9.47 Å². The van der Waals surface area contributed by atoms with Gasteiger partial charge in [-0.25, -0.2) is 4.79 Å². The molecule has 5 heteroatoms. The van der Waals surface area contributed by atoms with Gasteiger partial charge in [0.05, 0.1) is 11.7 Å². The first kappa shape index (κ1) is 23.6. The Morgan fingerprint density at radius 2 is 1.85 bits per heavy atom. The Morgan fingerprint density at radius 3 is 2.56 bits per heavy atom. The van der Waals surface area contributed by atoms with Gasteiger partial charge in [0.2, 0.25) is 0 Å². The zero-order chi connectivity index (χ0) is 24.3. The summed E-state index contributed by atoms with van der Waals surface area (Å²) in [5, 5.41) is 11.7. The lowest BCUT2D eigenvalue weighted by atomic mass is 9.40. The van der Waals surface area contributed by atoms with E-state index < -0.39 is 11.5 Å². The van der Waals surface area contributed by atoms with E-state index in [1.165, 1.54) is 12.5 Å². The first-order valence-electron chi connectivity index (χ1n) is 12.9. The van der Waals surface area contributed by atoms with Gasteiger partial charge in [-0.05, 0) is 80.2 Å². The van der Waals surface area contributed by atoms with E-state index in [2.05, 4.69) is 20.4 Å². The minimum atomic E-state index is -0.571. The van der Waals surface area contributed by atoms with E-state index in [0.29, 0.717) is 23.8 Å². The molecule has 1 unspecified atom stereocenters. The highest BCUT2D eigenvalue weighted by molar-refractivity contribution is 5.89. The summed E-state index contributed by atoms with van der Waals surface area (Å²) < 4.78 is 11.8. The molecule has 34 heavy (non-hydrogen) atoms. The van der Waals surface area contributed by atoms with Crippen LogP contribution in [0.3, 0.4) is 0 Å². The molecule has 0 aromatic heterocycles. The molecule has 4 aliphatic carbocycles. The summed E-state index contributed by atoms with van der Waals surface area (Å²) in [7, 11) is 0. The van der Waals surface area contributed by atoms with Crippen molar-refractivity contribution < 1.29 is 24.2 Å². The molecule has 0 heterocycles. The summed E-state index contributed by atoms with van der Waals surface area (Å²) in [6.45, 7) is 10.5. The summed E-state index contributed by atoms with van der Waals surface area (Å²) in [5.74, 6) is 0.344. The van der Waals surface area contributed by atoms with Crippen molar-refractivity contribution in [1.82, 2.24) is 0 Å². The largest absolute Gasteiger partial charge is 0.465 e. The van der Waals surface area contributed by atoms with Gasteiger partial charge in [-0.3, -0.25) is 4.79 Å². The standard InChI is InChI=1S/C29H38O5/c1-18-15-29-16-21(18)10-11-22(29)27(3)13-12-25(34-26(32)20-8-6-5-7-9-20)28(4,17-33-19(2)30)23(27)14-24(29)31/h5-9,21-25,31H,1,10-17H2,2-4H3/t21-,22+,23?,24+,25-,27+,28-,29+/m1/s1. The van der Waals surface area contributed by atoms with Gasteiger partial charge in [-0.1, -0.05) is 44.2 Å². The highest BCUT2D eigenvalue weighted by Gasteiger charge is 2.68. The van der Waals surface area contributed by atoms with Gasteiger partial charge in [0.15, 0.2) is 0 Å². The highest BCUT2D eigenvalue weighted by atomic mass is 16.6. The van der Waals surface area contributed by atoms with Crippen molar-refractivity contribution in [2.75, 3.05) is 6.61 Å². The Morgan fingerprint density at radius 1 is 1.12 bits per heavy atom. The van der Waals surface area contributed by atoms with Crippen LogP contribution < -0.4 is 0 Å². The monoisotopic (exact) mass is 466 g/mol. The van der Waals surface area contributed by atoms with Crippen molar-refractivity contribution in [3.8, 4) is 0 Å². The fraction of sp³-hybridized carbons (Fsp3) is 0.655. The lowest BCUT2D eigenvalue weighted by Gasteiger charge is -2.66. The number of rotatable bonds is 4. The molecule has 1 aromatic carbocycles. The minimum absolute atomic E-state index is 0.0145. The smallest absolute Gasteiger partial charge is 0.338 e. The van der Waals surface area contributed by atoms with Crippen molar-refractivity contribution in [3.63, 3.8) is 0 Å². The van der Waals surface area contributed by atoms with Gasteiger partial charge in [-0.15, -0.1) is 0 Å². The molecule has 4 saturated carbocycles. The molecule has 184 valence electrons. The van der Waals surface area contributed by atoms with Crippen molar-refractivity contribution in [2.24, 2.45) is 34.0 Å². The Bertz CT molecular complexity index is 987. The SMILES string of the molecule is C=C1C[C@]23C[C@H]1CC[C@H]2[C@]1(C)CC[C@@H](OC(=O)c2ccccc2)[C@](C)(COC(C)=O)C1C[C@@H]3O. The summed E-state index contributed by atoms with van der Waals surface area (Å²) in [5.41, 5.74) is 1.17. The number of aliphatic hydroxyl groups excluding tert-OH is 1. The van der Waals surface area contributed by atoms with E-state index in [1.807, 2.05) is 18.2 Å². The summed E-state index contributed by atoms with van der Waals surface area (Å²) >= 11 is 0. The van der Waals surface area contributed by atoms with E-state index in [0.717, 1.165) is 38.5 Å². The molecule has 1 N–H and O–H groups in total. The first-order chi connectivity index (χ1) is 16.1. The number of allylic oxidation sites excluding steroid dienone is 1. The fourth-order valence-electron chi connectivity index (χ4n) is 8.69. The summed E-state index contributed by atoms with van der Waals surface area (Å²) in [4.78, 5) is 24.9. The third-order valence-electron chi connectivity index (χ3n) is 10.3. The number of aliphatic hydroxyl groups is 1. The van der Waals surface area contributed by atoms with Gasteiger partial charge in [-0.2, -0.15) is 0 Å². The molecule has 5 rings (SSSR count). The topological polar surface area (TPSA) is 72.8 Å². The van der Waals surface area contributed by atoms with Crippen LogP contribution >= 0.6 is 0 Å². The van der Waals surface area contributed by atoms with Crippen molar-refractivity contribution >= 4 is 11.9 Å². The van der Waals surface area contributed by atoms with Crippen LogP contribution in [-0.2, 0) is 14.3 Å². The second-order valence-corrected chi connectivity index (χ2v) is 12.0. The normalized spacial score (nSPS) is 42.9. The molecular weight excluding hydrogens is 428 g/mol. The highest BCUT2D eigenvalue weighted by Crippen LogP contribution is 2.72. The zero-order valence-corrected chi connectivity index (χ0v) is 20.7. The molecule has 4 aliphatic rings. The Hall–Kier alpha value is -2.14. The number of carbonyl (C=O) groups is 2. The number of esters is 2. The van der Waals surface area contributed by atoms with E-state index >= 15 is 0 Å². The maximum absolute atomic E-state index is 13.0. The van der Waals surface area contributed by atoms with Crippen LogP contribution in [0.25, 0.3) is 0 Å². The van der Waals surface area contributed by atoms with Crippen molar-refractivity contribution in [3.05, 3.63) is 48.0 Å². The van der Waals surface area contributed by atoms with Crippen LogP contribution in [-0.4, -0.2) is 35.9 Å². The molecule has 0 radical (unpaired) electrons. The Kier molecular flexibility index (Phi) is 5.70. The van der Waals surface area contributed by atoms with Crippen LogP contribution in [0.15, 0.2) is 42.5 Å². The second kappa shape index (κ2) is 8.22.